The van der Waals surface area contributed by atoms with E-state index in [1.165, 1.54) is 0 Å². The van der Waals surface area contributed by atoms with Gasteiger partial charge in [0.15, 0.2) is 5.75 Å². The van der Waals surface area contributed by atoms with Crippen LogP contribution in [-0.2, 0) is 0 Å². The summed E-state index contributed by atoms with van der Waals surface area (Å²) in [6.45, 7) is 7.54. The second-order valence-corrected chi connectivity index (χ2v) is 6.74. The highest BCUT2D eigenvalue weighted by atomic mass is 35.5. The number of rotatable bonds is 10. The Balaban J connectivity index is 0.00000256. The van der Waals surface area contributed by atoms with Gasteiger partial charge in [0.25, 0.3) is 5.91 Å². The molecule has 0 atom stereocenters. The number of hydrogen-bond donors (Lipinski definition) is 1. The predicted molar refractivity (Wildman–Crippen MR) is 122 cm³/mol. The maximum atomic E-state index is 13.0. The van der Waals surface area contributed by atoms with E-state index in [1.54, 1.807) is 6.07 Å². The lowest BCUT2D eigenvalue weighted by Gasteiger charge is -2.19. The van der Waals surface area contributed by atoms with Gasteiger partial charge in [0, 0.05) is 6.54 Å². The Morgan fingerprint density at radius 2 is 1.48 bits per heavy atom. The first kappa shape index (κ1) is 24.3. The zero-order valence-corrected chi connectivity index (χ0v) is 18.6. The number of para-hydroxylation sites is 4. The lowest BCUT2D eigenvalue weighted by Crippen LogP contribution is -3.00. The molecule has 0 bridgehead atoms. The fraction of sp³-hybridized carbons (Fsp3) is 0.240. The number of halogens is 1. The SMILES string of the molecule is CCN(CC)CCOc1ccccc1C(=O)Nc1ccccc1Oc1ccccc1.[Cl-].[H+]. The van der Waals surface area contributed by atoms with Gasteiger partial charge in [0.1, 0.15) is 18.1 Å². The highest BCUT2D eigenvalue weighted by Crippen LogP contribution is 2.30. The fourth-order valence-corrected chi connectivity index (χ4v) is 3.07. The summed E-state index contributed by atoms with van der Waals surface area (Å²) in [6, 6.07) is 24.2. The molecule has 3 rings (SSSR count). The number of likely N-dealkylation sites (N-methyl/N-ethyl adjacent to an activating group) is 1. The molecular formula is C25H29ClN2O3. The summed E-state index contributed by atoms with van der Waals surface area (Å²) in [6.07, 6.45) is 0. The van der Waals surface area contributed by atoms with Crippen LogP contribution in [-0.4, -0.2) is 37.0 Å². The zero-order chi connectivity index (χ0) is 21.2. The first-order chi connectivity index (χ1) is 14.7. The number of carbonyl (C=O) groups excluding carboxylic acids is 1. The van der Waals surface area contributed by atoms with Crippen molar-refractivity contribution < 1.29 is 28.1 Å². The summed E-state index contributed by atoms with van der Waals surface area (Å²) < 4.78 is 11.9. The van der Waals surface area contributed by atoms with E-state index < -0.39 is 0 Å². The number of nitrogens with one attached hydrogen (secondary N) is 1. The van der Waals surface area contributed by atoms with Crippen LogP contribution in [0.2, 0.25) is 0 Å². The van der Waals surface area contributed by atoms with Crippen molar-refractivity contribution in [1.29, 1.82) is 0 Å². The molecule has 3 aromatic rings. The van der Waals surface area contributed by atoms with Gasteiger partial charge in [-0.1, -0.05) is 56.3 Å². The molecule has 0 fully saturated rings. The fourth-order valence-electron chi connectivity index (χ4n) is 3.07. The number of nitrogens with zero attached hydrogens (tertiary/aromatic N) is 1. The van der Waals surface area contributed by atoms with Crippen molar-refractivity contribution in [3.8, 4) is 17.2 Å². The Labute approximate surface area is 191 Å². The van der Waals surface area contributed by atoms with E-state index in [0.717, 1.165) is 19.6 Å². The molecule has 3 aromatic carbocycles. The minimum atomic E-state index is -0.238. The minimum absolute atomic E-state index is 0. The molecule has 0 saturated heterocycles. The smallest absolute Gasteiger partial charge is 1.00 e. The predicted octanol–water partition coefficient (Wildman–Crippen LogP) is 2.57. The molecule has 6 heteroatoms. The van der Waals surface area contributed by atoms with E-state index in [4.69, 9.17) is 9.47 Å². The molecule has 0 heterocycles. The van der Waals surface area contributed by atoms with Crippen LogP contribution in [0.5, 0.6) is 17.2 Å². The van der Waals surface area contributed by atoms with Gasteiger partial charge in [0.05, 0.1) is 11.3 Å². The van der Waals surface area contributed by atoms with Crippen LogP contribution in [0.1, 0.15) is 25.6 Å². The quantitative estimate of drug-likeness (QED) is 0.526. The zero-order valence-electron chi connectivity index (χ0n) is 18.9. The molecule has 31 heavy (non-hydrogen) atoms. The van der Waals surface area contributed by atoms with Crippen LogP contribution >= 0.6 is 0 Å². The van der Waals surface area contributed by atoms with Gasteiger partial charge in [-0.05, 0) is 49.5 Å². The molecule has 0 saturated carbocycles. The van der Waals surface area contributed by atoms with E-state index >= 15 is 0 Å². The van der Waals surface area contributed by atoms with Crippen molar-refractivity contribution in [3.05, 3.63) is 84.4 Å². The molecule has 0 aromatic heterocycles. The van der Waals surface area contributed by atoms with Gasteiger partial charge in [-0.2, -0.15) is 0 Å². The van der Waals surface area contributed by atoms with E-state index in [9.17, 15) is 4.79 Å². The Bertz CT molecular complexity index is 953. The van der Waals surface area contributed by atoms with Crippen molar-refractivity contribution in [2.45, 2.75) is 13.8 Å². The molecule has 1 amide bonds. The van der Waals surface area contributed by atoms with Crippen LogP contribution in [0.4, 0.5) is 5.69 Å². The standard InChI is InChI=1S/C25H28N2O3.ClH/c1-3-27(4-2)18-19-29-23-16-10-8-14-21(23)25(28)26-22-15-9-11-17-24(22)30-20-12-6-5-7-13-20;/h5-17H,3-4,18-19H2,1-2H3,(H,26,28);1H. The van der Waals surface area contributed by atoms with Gasteiger partial charge in [-0.3, -0.25) is 4.79 Å². The number of carbonyl (C=O) groups is 1. The van der Waals surface area contributed by atoms with Crippen molar-refractivity contribution in [1.82, 2.24) is 4.90 Å². The van der Waals surface area contributed by atoms with Crippen molar-refractivity contribution in [2.75, 3.05) is 31.6 Å². The summed E-state index contributed by atoms with van der Waals surface area (Å²) in [5.41, 5.74) is 1.09. The second kappa shape index (κ2) is 12.6. The Kier molecular flexibility index (Phi) is 9.88. The molecule has 0 spiro atoms. The molecule has 0 unspecified atom stereocenters. The Hall–Kier alpha value is -3.02. The van der Waals surface area contributed by atoms with Gasteiger partial charge in [-0.15, -0.1) is 0 Å². The summed E-state index contributed by atoms with van der Waals surface area (Å²) in [7, 11) is 0. The minimum Gasteiger partial charge on any atom is -1.00 e. The largest absolute Gasteiger partial charge is 1.00 e. The first-order valence-corrected chi connectivity index (χ1v) is 10.3. The third-order valence-electron chi connectivity index (χ3n) is 4.80. The molecule has 164 valence electrons. The summed E-state index contributed by atoms with van der Waals surface area (Å²) in [4.78, 5) is 15.3. The summed E-state index contributed by atoms with van der Waals surface area (Å²) in [5, 5.41) is 2.95. The summed E-state index contributed by atoms with van der Waals surface area (Å²) >= 11 is 0. The van der Waals surface area contributed by atoms with Crippen LogP contribution < -0.4 is 27.2 Å². The van der Waals surface area contributed by atoms with Crippen LogP contribution in [0.15, 0.2) is 78.9 Å². The molecule has 0 aliphatic heterocycles. The van der Waals surface area contributed by atoms with Crippen molar-refractivity contribution >= 4 is 11.6 Å². The van der Waals surface area contributed by atoms with Gasteiger partial charge in [-0.25, -0.2) is 0 Å². The Morgan fingerprint density at radius 1 is 0.871 bits per heavy atom. The van der Waals surface area contributed by atoms with Gasteiger partial charge >= 0.3 is 1.43 Å². The third kappa shape index (κ3) is 7.02. The molecule has 0 aliphatic carbocycles. The monoisotopic (exact) mass is 440 g/mol. The molecule has 1 N–H and O–H groups in total. The van der Waals surface area contributed by atoms with E-state index in [-0.39, 0.29) is 19.7 Å². The topological polar surface area (TPSA) is 50.8 Å². The maximum Gasteiger partial charge on any atom is 1.00 e. The van der Waals surface area contributed by atoms with Gasteiger partial charge in [0.2, 0.25) is 0 Å². The molecule has 0 radical (unpaired) electrons. The molecule has 5 nitrogen and oxygen atoms in total. The summed E-state index contributed by atoms with van der Waals surface area (Å²) in [5.74, 6) is 1.62. The average molecular weight is 441 g/mol. The van der Waals surface area contributed by atoms with Crippen LogP contribution in [0.3, 0.4) is 0 Å². The second-order valence-electron chi connectivity index (χ2n) is 6.74. The van der Waals surface area contributed by atoms with E-state index in [2.05, 4.69) is 24.1 Å². The number of amides is 1. The van der Waals surface area contributed by atoms with Crippen molar-refractivity contribution in [2.24, 2.45) is 0 Å². The third-order valence-corrected chi connectivity index (χ3v) is 4.80. The molecule has 0 aliphatic rings. The highest BCUT2D eigenvalue weighted by molar-refractivity contribution is 6.06. The number of benzene rings is 3. The van der Waals surface area contributed by atoms with Crippen LogP contribution in [0, 0.1) is 0 Å². The average Bonchev–Trinajstić information content (AvgIpc) is 2.79. The number of anilines is 1. The van der Waals surface area contributed by atoms with Crippen molar-refractivity contribution in [3.63, 3.8) is 0 Å². The number of hydrogen-bond acceptors (Lipinski definition) is 4. The van der Waals surface area contributed by atoms with Crippen LogP contribution in [0.25, 0.3) is 0 Å². The maximum absolute atomic E-state index is 13.0. The van der Waals surface area contributed by atoms with E-state index in [0.29, 0.717) is 35.1 Å². The molecular weight excluding hydrogens is 412 g/mol. The normalized spacial score (nSPS) is 10.3. The highest BCUT2D eigenvalue weighted by Gasteiger charge is 2.15. The first-order valence-electron chi connectivity index (χ1n) is 10.3. The number of ether oxygens (including phenoxy) is 2. The lowest BCUT2D eigenvalue weighted by molar-refractivity contribution is -0.0000148. The van der Waals surface area contributed by atoms with Gasteiger partial charge < -0.3 is 32.1 Å². The Morgan fingerprint density at radius 3 is 2.19 bits per heavy atom. The van der Waals surface area contributed by atoms with E-state index in [1.807, 2.05) is 72.8 Å². The lowest BCUT2D eigenvalue weighted by atomic mass is 10.1.